The Morgan fingerprint density at radius 2 is 2.04 bits per heavy atom. The minimum absolute atomic E-state index is 0.0773. The Bertz CT molecular complexity index is 586. The smallest absolute Gasteiger partial charge is 0.407 e. The molecule has 2 fully saturated rings. The summed E-state index contributed by atoms with van der Waals surface area (Å²) in [6.07, 6.45) is 3.72. The number of hydrogen-bond donors (Lipinski definition) is 1. The van der Waals surface area contributed by atoms with Crippen molar-refractivity contribution in [1.82, 2.24) is 14.9 Å². The third-order valence-corrected chi connectivity index (χ3v) is 5.10. The summed E-state index contributed by atoms with van der Waals surface area (Å²) in [7, 11) is 3.47. The molecular formula is C15H21ClN4O3. The molecule has 8 heteroatoms. The summed E-state index contributed by atoms with van der Waals surface area (Å²) in [5.74, 6) is 0.941. The van der Waals surface area contributed by atoms with E-state index in [0.29, 0.717) is 17.0 Å². The Morgan fingerprint density at radius 1 is 1.39 bits per heavy atom. The van der Waals surface area contributed by atoms with E-state index in [4.69, 9.17) is 16.3 Å². The van der Waals surface area contributed by atoms with Gasteiger partial charge in [-0.25, -0.2) is 9.78 Å². The molecule has 3 heterocycles. The number of halogens is 1. The molecule has 23 heavy (non-hydrogen) atoms. The van der Waals surface area contributed by atoms with Gasteiger partial charge in [0.15, 0.2) is 0 Å². The minimum Gasteiger partial charge on any atom is -0.481 e. The Labute approximate surface area is 140 Å². The third kappa shape index (κ3) is 3.15. The lowest BCUT2D eigenvalue weighted by molar-refractivity contribution is 0.0351. The summed E-state index contributed by atoms with van der Waals surface area (Å²) in [6.45, 7) is 0. The van der Waals surface area contributed by atoms with Crippen molar-refractivity contribution in [2.75, 3.05) is 19.1 Å². The van der Waals surface area contributed by atoms with E-state index in [-0.39, 0.29) is 18.1 Å². The van der Waals surface area contributed by atoms with Gasteiger partial charge in [0.1, 0.15) is 5.15 Å². The number of rotatable bonds is 3. The summed E-state index contributed by atoms with van der Waals surface area (Å²) >= 11 is 6.03. The molecule has 1 aromatic rings. The van der Waals surface area contributed by atoms with Gasteiger partial charge in [0.25, 0.3) is 0 Å². The lowest BCUT2D eigenvalue weighted by Gasteiger charge is -2.49. The van der Waals surface area contributed by atoms with Crippen molar-refractivity contribution in [3.8, 4) is 5.88 Å². The topological polar surface area (TPSA) is 78.8 Å². The van der Waals surface area contributed by atoms with Crippen LogP contribution in [0.25, 0.3) is 0 Å². The van der Waals surface area contributed by atoms with Crippen LogP contribution in [0, 0.1) is 0 Å². The quantitative estimate of drug-likeness (QED) is 0.852. The van der Waals surface area contributed by atoms with Crippen molar-refractivity contribution in [3.63, 3.8) is 0 Å². The van der Waals surface area contributed by atoms with E-state index in [0.717, 1.165) is 32.1 Å². The van der Waals surface area contributed by atoms with E-state index in [1.165, 1.54) is 7.11 Å². The molecule has 2 aliphatic rings. The van der Waals surface area contributed by atoms with E-state index in [1.807, 2.05) is 11.9 Å². The molecule has 0 aliphatic carbocycles. The van der Waals surface area contributed by atoms with Gasteiger partial charge in [0.05, 0.1) is 7.11 Å². The van der Waals surface area contributed by atoms with Crippen molar-refractivity contribution in [1.29, 1.82) is 0 Å². The van der Waals surface area contributed by atoms with Gasteiger partial charge in [-0.05, 0) is 32.1 Å². The number of amides is 1. The lowest BCUT2D eigenvalue weighted by atomic mass is 9.81. The number of carbonyl (C=O) groups is 1. The molecule has 3 rings (SSSR count). The van der Waals surface area contributed by atoms with Crippen LogP contribution in [0.1, 0.15) is 32.1 Å². The van der Waals surface area contributed by atoms with Crippen LogP contribution in [0.4, 0.5) is 10.7 Å². The average molecular weight is 341 g/mol. The van der Waals surface area contributed by atoms with E-state index >= 15 is 0 Å². The first kappa shape index (κ1) is 16.1. The highest BCUT2D eigenvalue weighted by molar-refractivity contribution is 6.29. The summed E-state index contributed by atoms with van der Waals surface area (Å²) < 4.78 is 5.15. The fourth-order valence-corrected chi connectivity index (χ4v) is 3.96. The number of anilines is 1. The Morgan fingerprint density at radius 3 is 2.61 bits per heavy atom. The molecule has 0 spiro atoms. The first-order valence-electron chi connectivity index (χ1n) is 7.82. The lowest BCUT2D eigenvalue weighted by Crippen LogP contribution is -2.58. The normalized spacial score (nSPS) is 26.7. The number of piperidine rings is 2. The SMILES string of the molecule is COc1cc(Cl)nc(N(C)[C@@H]2C[C@H]3CCC[C@@H](C2)N3C(=O)O)n1. The monoisotopic (exact) mass is 340 g/mol. The first-order chi connectivity index (χ1) is 11.0. The molecule has 1 N–H and O–H groups in total. The molecule has 0 unspecified atom stereocenters. The standard InChI is InChI=1S/C15H21ClN4O3/c1-19(14-17-12(16)8-13(18-14)23-2)11-6-9-4-3-5-10(7-11)20(9)15(21)22/h8-11H,3-7H2,1-2H3,(H,21,22)/t9-,10+,11-. The van der Waals surface area contributed by atoms with Gasteiger partial charge in [-0.3, -0.25) is 0 Å². The van der Waals surface area contributed by atoms with Crippen molar-refractivity contribution in [3.05, 3.63) is 11.2 Å². The third-order valence-electron chi connectivity index (χ3n) is 4.90. The van der Waals surface area contributed by atoms with E-state index < -0.39 is 6.09 Å². The molecule has 0 radical (unpaired) electrons. The van der Waals surface area contributed by atoms with Gasteiger partial charge < -0.3 is 19.6 Å². The molecule has 1 aromatic heterocycles. The molecule has 3 atom stereocenters. The van der Waals surface area contributed by atoms with Gasteiger partial charge in [-0.2, -0.15) is 4.98 Å². The average Bonchev–Trinajstić information content (AvgIpc) is 2.52. The highest BCUT2D eigenvalue weighted by Gasteiger charge is 2.42. The predicted octanol–water partition coefficient (Wildman–Crippen LogP) is 2.64. The van der Waals surface area contributed by atoms with Crippen LogP contribution in [0.3, 0.4) is 0 Å². The second kappa shape index (κ2) is 6.39. The van der Waals surface area contributed by atoms with Crippen LogP contribution in [-0.4, -0.2) is 58.4 Å². The van der Waals surface area contributed by atoms with E-state index in [1.54, 1.807) is 11.0 Å². The number of hydrogen-bond acceptors (Lipinski definition) is 5. The molecule has 2 aliphatic heterocycles. The predicted molar refractivity (Wildman–Crippen MR) is 86.3 cm³/mol. The number of nitrogens with zero attached hydrogens (tertiary/aromatic N) is 4. The molecule has 2 saturated heterocycles. The van der Waals surface area contributed by atoms with Crippen LogP contribution < -0.4 is 9.64 Å². The highest BCUT2D eigenvalue weighted by atomic mass is 35.5. The van der Waals surface area contributed by atoms with Gasteiger partial charge >= 0.3 is 6.09 Å². The second-order valence-corrected chi connectivity index (χ2v) is 6.58. The van der Waals surface area contributed by atoms with Crippen LogP contribution in [0.5, 0.6) is 5.88 Å². The maximum absolute atomic E-state index is 11.5. The zero-order valence-corrected chi connectivity index (χ0v) is 14.0. The van der Waals surface area contributed by atoms with E-state index in [9.17, 15) is 9.90 Å². The van der Waals surface area contributed by atoms with Crippen molar-refractivity contribution < 1.29 is 14.6 Å². The van der Waals surface area contributed by atoms with Gasteiger partial charge in [-0.15, -0.1) is 0 Å². The molecule has 7 nitrogen and oxygen atoms in total. The fraction of sp³-hybridized carbons (Fsp3) is 0.667. The van der Waals surface area contributed by atoms with Crippen molar-refractivity contribution >= 4 is 23.6 Å². The maximum Gasteiger partial charge on any atom is 0.407 e. The zero-order chi connectivity index (χ0) is 16.6. The number of methoxy groups -OCH3 is 1. The van der Waals surface area contributed by atoms with Crippen LogP contribution in [0.15, 0.2) is 6.07 Å². The summed E-state index contributed by atoms with van der Waals surface area (Å²) in [5.41, 5.74) is 0. The Hall–Kier alpha value is -1.76. The number of carboxylic acid groups (broad SMARTS) is 1. The van der Waals surface area contributed by atoms with Crippen molar-refractivity contribution in [2.45, 2.75) is 50.2 Å². The summed E-state index contributed by atoms with van der Waals surface area (Å²) in [4.78, 5) is 23.8. The largest absolute Gasteiger partial charge is 0.481 e. The van der Waals surface area contributed by atoms with Crippen molar-refractivity contribution in [2.24, 2.45) is 0 Å². The van der Waals surface area contributed by atoms with Gasteiger partial charge in [-0.1, -0.05) is 11.6 Å². The van der Waals surface area contributed by atoms with Gasteiger partial charge in [0, 0.05) is 31.2 Å². The Balaban J connectivity index is 1.80. The highest BCUT2D eigenvalue weighted by Crippen LogP contribution is 2.36. The van der Waals surface area contributed by atoms with Crippen LogP contribution in [-0.2, 0) is 0 Å². The van der Waals surface area contributed by atoms with Gasteiger partial charge in [0.2, 0.25) is 11.8 Å². The Kier molecular flexibility index (Phi) is 4.48. The zero-order valence-electron chi connectivity index (χ0n) is 13.3. The molecule has 0 aromatic carbocycles. The molecule has 0 saturated carbocycles. The number of aromatic nitrogens is 2. The molecule has 126 valence electrons. The molecule has 1 amide bonds. The van der Waals surface area contributed by atoms with E-state index in [2.05, 4.69) is 9.97 Å². The second-order valence-electron chi connectivity index (χ2n) is 6.20. The number of fused-ring (bicyclic) bond motifs is 2. The number of ether oxygens (including phenoxy) is 1. The van der Waals surface area contributed by atoms with Crippen LogP contribution in [0.2, 0.25) is 5.15 Å². The first-order valence-corrected chi connectivity index (χ1v) is 8.20. The maximum atomic E-state index is 11.5. The fourth-order valence-electron chi connectivity index (χ4n) is 3.79. The molecule has 2 bridgehead atoms. The molecular weight excluding hydrogens is 320 g/mol. The minimum atomic E-state index is -0.804. The summed E-state index contributed by atoms with van der Waals surface area (Å²) in [6, 6.07) is 1.92. The van der Waals surface area contributed by atoms with Crippen LogP contribution >= 0.6 is 11.6 Å². The summed E-state index contributed by atoms with van der Waals surface area (Å²) in [5, 5.41) is 9.78.